The number of carbonyl (C=O) groups is 1. The van der Waals surface area contributed by atoms with E-state index in [9.17, 15) is 4.79 Å². The van der Waals surface area contributed by atoms with Gasteiger partial charge in [0.05, 0.1) is 18.8 Å². The molecule has 0 saturated heterocycles. The Hall–Kier alpha value is -2.37. The standard InChI is InChI=1S/C13H13N3O3/c1-8-12(13(17)18)14-15-16(8)6-9-7-19-11-5-3-2-4-10(9)11/h2-5,9H,6-7H2,1H3,(H,17,18). The molecule has 1 atom stereocenters. The van der Waals surface area contributed by atoms with E-state index in [0.717, 1.165) is 11.3 Å². The van der Waals surface area contributed by atoms with Crippen molar-refractivity contribution >= 4 is 5.97 Å². The Morgan fingerprint density at radius 3 is 3.05 bits per heavy atom. The maximum atomic E-state index is 10.9. The molecule has 0 fully saturated rings. The zero-order valence-corrected chi connectivity index (χ0v) is 10.4. The Kier molecular flexibility index (Phi) is 2.70. The number of fused-ring (bicyclic) bond motifs is 1. The van der Waals surface area contributed by atoms with Crippen molar-refractivity contribution in [3.05, 3.63) is 41.2 Å². The highest BCUT2D eigenvalue weighted by Crippen LogP contribution is 2.34. The molecule has 6 nitrogen and oxygen atoms in total. The summed E-state index contributed by atoms with van der Waals surface area (Å²) in [6, 6.07) is 7.87. The molecular weight excluding hydrogens is 246 g/mol. The van der Waals surface area contributed by atoms with Crippen LogP contribution in [0.15, 0.2) is 24.3 Å². The fraction of sp³-hybridized carbons (Fsp3) is 0.308. The first-order chi connectivity index (χ1) is 9.16. The van der Waals surface area contributed by atoms with E-state index in [-0.39, 0.29) is 11.6 Å². The Bertz CT molecular complexity index is 636. The minimum Gasteiger partial charge on any atom is -0.493 e. The molecule has 0 bridgehead atoms. The topological polar surface area (TPSA) is 77.2 Å². The van der Waals surface area contributed by atoms with Crippen LogP contribution in [0.3, 0.4) is 0 Å². The smallest absolute Gasteiger partial charge is 0.358 e. The third kappa shape index (κ3) is 1.95. The molecule has 0 aliphatic carbocycles. The van der Waals surface area contributed by atoms with Crippen LogP contribution in [0.25, 0.3) is 0 Å². The molecule has 1 aromatic carbocycles. The molecular formula is C13H13N3O3. The molecule has 2 heterocycles. The molecule has 2 aromatic rings. The van der Waals surface area contributed by atoms with Crippen LogP contribution >= 0.6 is 0 Å². The number of para-hydroxylation sites is 1. The quantitative estimate of drug-likeness (QED) is 0.903. The highest BCUT2D eigenvalue weighted by molar-refractivity contribution is 5.86. The number of carboxylic acid groups (broad SMARTS) is 1. The second kappa shape index (κ2) is 4.38. The molecule has 1 N–H and O–H groups in total. The van der Waals surface area contributed by atoms with Crippen LogP contribution in [0, 0.1) is 6.92 Å². The average Bonchev–Trinajstić information content (AvgIpc) is 2.96. The molecule has 0 spiro atoms. The predicted octanol–water partition coefficient (Wildman–Crippen LogP) is 1.46. The SMILES string of the molecule is Cc1c(C(=O)O)nnn1CC1COc2ccccc21. The molecule has 0 radical (unpaired) electrons. The van der Waals surface area contributed by atoms with Crippen LogP contribution in [0.2, 0.25) is 0 Å². The highest BCUT2D eigenvalue weighted by atomic mass is 16.5. The van der Waals surface area contributed by atoms with Crippen molar-refractivity contribution in [3.63, 3.8) is 0 Å². The van der Waals surface area contributed by atoms with Crippen LogP contribution < -0.4 is 4.74 Å². The van der Waals surface area contributed by atoms with Gasteiger partial charge in [0.25, 0.3) is 0 Å². The maximum absolute atomic E-state index is 10.9. The molecule has 0 amide bonds. The molecule has 98 valence electrons. The fourth-order valence-corrected chi connectivity index (χ4v) is 2.32. The molecule has 3 rings (SSSR count). The van der Waals surface area contributed by atoms with Gasteiger partial charge < -0.3 is 9.84 Å². The summed E-state index contributed by atoms with van der Waals surface area (Å²) >= 11 is 0. The van der Waals surface area contributed by atoms with Gasteiger partial charge in [0, 0.05) is 11.5 Å². The molecule has 1 unspecified atom stereocenters. The van der Waals surface area contributed by atoms with E-state index in [4.69, 9.17) is 9.84 Å². The van der Waals surface area contributed by atoms with E-state index in [1.165, 1.54) is 0 Å². The largest absolute Gasteiger partial charge is 0.493 e. The average molecular weight is 259 g/mol. The Morgan fingerprint density at radius 2 is 2.32 bits per heavy atom. The molecule has 0 saturated carbocycles. The van der Waals surface area contributed by atoms with Gasteiger partial charge in [0.2, 0.25) is 0 Å². The van der Waals surface area contributed by atoms with E-state index in [0.29, 0.717) is 18.8 Å². The van der Waals surface area contributed by atoms with Crippen molar-refractivity contribution in [2.45, 2.75) is 19.4 Å². The van der Waals surface area contributed by atoms with Crippen LogP contribution in [0.5, 0.6) is 5.75 Å². The number of hydrogen-bond donors (Lipinski definition) is 1. The molecule has 19 heavy (non-hydrogen) atoms. The van der Waals surface area contributed by atoms with Gasteiger partial charge in [-0.25, -0.2) is 9.48 Å². The number of aromatic nitrogens is 3. The van der Waals surface area contributed by atoms with Crippen molar-refractivity contribution in [3.8, 4) is 5.75 Å². The first-order valence-corrected chi connectivity index (χ1v) is 6.02. The fourth-order valence-electron chi connectivity index (χ4n) is 2.32. The van der Waals surface area contributed by atoms with Gasteiger partial charge in [-0.05, 0) is 13.0 Å². The number of aromatic carboxylic acids is 1. The predicted molar refractivity (Wildman–Crippen MR) is 66.4 cm³/mol. The first kappa shape index (κ1) is 11.7. The molecule has 1 aliphatic heterocycles. The summed E-state index contributed by atoms with van der Waals surface area (Å²) in [5, 5.41) is 16.5. The van der Waals surface area contributed by atoms with Gasteiger partial charge in [-0.2, -0.15) is 0 Å². The second-order valence-electron chi connectivity index (χ2n) is 4.56. The minimum absolute atomic E-state index is 0.00667. The summed E-state index contributed by atoms with van der Waals surface area (Å²) in [4.78, 5) is 10.9. The van der Waals surface area contributed by atoms with Gasteiger partial charge in [0.1, 0.15) is 5.75 Å². The summed E-state index contributed by atoms with van der Waals surface area (Å²) < 4.78 is 7.22. The molecule has 1 aliphatic rings. The highest BCUT2D eigenvalue weighted by Gasteiger charge is 2.26. The van der Waals surface area contributed by atoms with Crippen molar-refractivity contribution < 1.29 is 14.6 Å². The Labute approximate surface area is 109 Å². The van der Waals surface area contributed by atoms with Gasteiger partial charge >= 0.3 is 5.97 Å². The van der Waals surface area contributed by atoms with Crippen LogP contribution in [-0.2, 0) is 6.54 Å². The summed E-state index contributed by atoms with van der Waals surface area (Å²) in [5.74, 6) is 0.0220. The summed E-state index contributed by atoms with van der Waals surface area (Å²) in [5.41, 5.74) is 1.71. The minimum atomic E-state index is -1.05. The number of ether oxygens (including phenoxy) is 1. The maximum Gasteiger partial charge on any atom is 0.358 e. The lowest BCUT2D eigenvalue weighted by Gasteiger charge is -2.09. The zero-order chi connectivity index (χ0) is 13.4. The van der Waals surface area contributed by atoms with Crippen molar-refractivity contribution in [1.29, 1.82) is 0 Å². The van der Waals surface area contributed by atoms with E-state index in [2.05, 4.69) is 10.3 Å². The third-order valence-electron chi connectivity index (χ3n) is 3.38. The summed E-state index contributed by atoms with van der Waals surface area (Å²) in [6.45, 7) is 2.87. The van der Waals surface area contributed by atoms with Crippen LogP contribution in [0.4, 0.5) is 0 Å². The third-order valence-corrected chi connectivity index (χ3v) is 3.38. The van der Waals surface area contributed by atoms with Gasteiger partial charge in [-0.1, -0.05) is 23.4 Å². The van der Waals surface area contributed by atoms with Crippen molar-refractivity contribution in [2.24, 2.45) is 0 Å². The van der Waals surface area contributed by atoms with Gasteiger partial charge in [0.15, 0.2) is 5.69 Å². The second-order valence-corrected chi connectivity index (χ2v) is 4.56. The van der Waals surface area contributed by atoms with E-state index in [1.54, 1.807) is 11.6 Å². The first-order valence-electron chi connectivity index (χ1n) is 6.02. The number of rotatable bonds is 3. The van der Waals surface area contributed by atoms with Crippen LogP contribution in [-0.4, -0.2) is 32.7 Å². The van der Waals surface area contributed by atoms with E-state index < -0.39 is 5.97 Å². The Balaban J connectivity index is 1.86. The van der Waals surface area contributed by atoms with E-state index >= 15 is 0 Å². The van der Waals surface area contributed by atoms with Crippen molar-refractivity contribution in [2.75, 3.05) is 6.61 Å². The molecule has 1 aromatic heterocycles. The number of carboxylic acids is 1. The van der Waals surface area contributed by atoms with Gasteiger partial charge in [-0.15, -0.1) is 5.10 Å². The lowest BCUT2D eigenvalue weighted by atomic mass is 10.0. The van der Waals surface area contributed by atoms with E-state index in [1.807, 2.05) is 24.3 Å². The number of benzene rings is 1. The zero-order valence-electron chi connectivity index (χ0n) is 10.4. The van der Waals surface area contributed by atoms with Crippen LogP contribution in [0.1, 0.15) is 27.7 Å². The number of nitrogens with zero attached hydrogens (tertiary/aromatic N) is 3. The summed E-state index contributed by atoms with van der Waals surface area (Å²) in [6.07, 6.45) is 0. The van der Waals surface area contributed by atoms with Crippen molar-refractivity contribution in [1.82, 2.24) is 15.0 Å². The lowest BCUT2D eigenvalue weighted by Crippen LogP contribution is -2.13. The number of hydrogen-bond acceptors (Lipinski definition) is 4. The monoisotopic (exact) mass is 259 g/mol. The summed E-state index contributed by atoms with van der Waals surface area (Å²) in [7, 11) is 0. The molecule has 6 heteroatoms. The Morgan fingerprint density at radius 1 is 1.53 bits per heavy atom. The normalized spacial score (nSPS) is 17.0. The van der Waals surface area contributed by atoms with Gasteiger partial charge in [-0.3, -0.25) is 0 Å². The lowest BCUT2D eigenvalue weighted by molar-refractivity contribution is 0.0689.